The molecule has 0 aliphatic carbocycles. The monoisotopic (exact) mass is 1000 g/mol. The second kappa shape index (κ2) is 29.7. The third-order valence-corrected chi connectivity index (χ3v) is 8.73. The molecule has 0 aliphatic rings. The zero-order valence-electron chi connectivity index (χ0n) is 37.1. The van der Waals surface area contributed by atoms with Crippen LogP contribution in [0.25, 0.3) is 0 Å². The molecule has 4 rings (SSSR count). The van der Waals surface area contributed by atoms with E-state index in [1.54, 1.807) is 0 Å². The average Bonchev–Trinajstić information content (AvgIpc) is 3.33. The van der Waals surface area contributed by atoms with E-state index in [1.165, 1.54) is 97.1 Å². The first-order chi connectivity index (χ1) is 34.0. The van der Waals surface area contributed by atoms with E-state index in [0.29, 0.717) is 12.2 Å². The third kappa shape index (κ3) is 20.5. The van der Waals surface area contributed by atoms with Gasteiger partial charge < -0.3 is 49.6 Å². The molecule has 0 atom stereocenters. The quantitative estimate of drug-likeness (QED) is 0.0219. The molecule has 0 aliphatic heterocycles. The molecule has 4 aromatic carbocycles. The number of rotatable bonds is 20. The minimum Gasteiger partial charge on any atom is -0.478 e. The van der Waals surface area contributed by atoms with Gasteiger partial charge in [0.2, 0.25) is 0 Å². The van der Waals surface area contributed by atoms with Crippen LogP contribution in [0.4, 0.5) is 0 Å². The van der Waals surface area contributed by atoms with Crippen LogP contribution in [-0.4, -0.2) is 114 Å². The number of ether oxygens (including phenoxy) is 4. The standard InChI is InChI=1S/2C22H18O10.C4H4O4/c2*23-17(31-21(29)15-9-3-1-7-13(15)19(25)26)11-5-6-12-18(24)32-22(30)16-10-4-2-8-14(16)20(27)28;5-3(6)1-2-4(7)8/h2*1-4,7-10H,5-6,11-12H2,(H,25,26)(H,27,28);1-2H,(H,5,6)(H,7,8)/b;;2-1-. The predicted molar refractivity (Wildman–Crippen MR) is 237 cm³/mol. The van der Waals surface area contributed by atoms with E-state index in [2.05, 4.69) is 18.9 Å². The summed E-state index contributed by atoms with van der Waals surface area (Å²) < 4.78 is 18.5. The van der Waals surface area contributed by atoms with Crippen LogP contribution in [0, 0.1) is 0 Å². The molecule has 0 spiro atoms. The lowest BCUT2D eigenvalue weighted by molar-refractivity contribution is -0.140. The Balaban J connectivity index is 0.000000428. The van der Waals surface area contributed by atoms with Crippen LogP contribution in [0.5, 0.6) is 0 Å². The van der Waals surface area contributed by atoms with Crippen LogP contribution in [0.2, 0.25) is 0 Å². The van der Waals surface area contributed by atoms with Gasteiger partial charge in [0.1, 0.15) is 0 Å². The fourth-order valence-corrected chi connectivity index (χ4v) is 5.45. The fourth-order valence-electron chi connectivity index (χ4n) is 5.45. The van der Waals surface area contributed by atoms with Crippen LogP contribution in [-0.2, 0) is 47.7 Å². The number of carboxylic acids is 6. The Labute approximate surface area is 404 Å². The molecule has 24 nitrogen and oxygen atoms in total. The summed E-state index contributed by atoms with van der Waals surface area (Å²) >= 11 is 0. The SMILES string of the molecule is O=C(CCCCC(=O)OC(=O)c1ccccc1C(=O)O)OC(=O)c1ccccc1C(=O)O.O=C(CCCCC(=O)OC(=O)c1ccccc1C(=O)O)OC(=O)c1ccccc1C(=O)O.O=C(O)/C=C\C(=O)O. The smallest absolute Gasteiger partial charge is 0.346 e. The maximum atomic E-state index is 12.0. The normalized spacial score (nSPS) is 10.1. The van der Waals surface area contributed by atoms with Gasteiger partial charge in [-0.05, 0) is 74.2 Å². The summed E-state index contributed by atoms with van der Waals surface area (Å²) in [5.41, 5.74) is -2.28. The van der Waals surface area contributed by atoms with Crippen LogP contribution in [0.1, 0.15) is 134 Å². The van der Waals surface area contributed by atoms with Crippen LogP contribution >= 0.6 is 0 Å². The number of benzene rings is 4. The van der Waals surface area contributed by atoms with Gasteiger partial charge in [-0.1, -0.05) is 48.5 Å². The molecule has 0 amide bonds. The van der Waals surface area contributed by atoms with Crippen molar-refractivity contribution < 1.29 is 117 Å². The number of carbonyl (C=O) groups excluding carboxylic acids is 8. The number of aliphatic carboxylic acids is 2. The highest BCUT2D eigenvalue weighted by molar-refractivity contribution is 6.08. The first-order valence-corrected chi connectivity index (χ1v) is 20.5. The van der Waals surface area contributed by atoms with Crippen molar-refractivity contribution >= 4 is 83.6 Å². The van der Waals surface area contributed by atoms with Gasteiger partial charge >= 0.3 is 83.6 Å². The third-order valence-electron chi connectivity index (χ3n) is 8.73. The predicted octanol–water partition coefficient (Wildman–Crippen LogP) is 5.13. The number of carbonyl (C=O) groups is 14. The molecule has 0 saturated heterocycles. The molecule has 24 heteroatoms. The van der Waals surface area contributed by atoms with Gasteiger partial charge in [0.15, 0.2) is 0 Å². The lowest BCUT2D eigenvalue weighted by Crippen LogP contribution is -2.17. The van der Waals surface area contributed by atoms with Gasteiger partial charge in [-0.15, -0.1) is 0 Å². The number of esters is 8. The minimum atomic E-state index is -1.34. The summed E-state index contributed by atoms with van der Waals surface area (Å²) in [5.74, 6) is -15.9. The van der Waals surface area contributed by atoms with Crippen molar-refractivity contribution in [3.05, 3.63) is 154 Å². The van der Waals surface area contributed by atoms with Crippen molar-refractivity contribution in [2.75, 3.05) is 0 Å². The van der Waals surface area contributed by atoms with E-state index in [1.807, 2.05) is 0 Å². The van der Waals surface area contributed by atoms with Crippen molar-refractivity contribution in [3.8, 4) is 0 Å². The van der Waals surface area contributed by atoms with Crippen molar-refractivity contribution in [2.24, 2.45) is 0 Å². The Morgan fingerprint density at radius 2 is 0.458 bits per heavy atom. The minimum absolute atomic E-state index is 0.127. The molecule has 6 N–H and O–H groups in total. The Kier molecular flexibility index (Phi) is 24.0. The van der Waals surface area contributed by atoms with E-state index < -0.39 is 83.6 Å². The molecule has 0 radical (unpaired) electrons. The molecule has 0 fully saturated rings. The van der Waals surface area contributed by atoms with Crippen molar-refractivity contribution in [3.63, 3.8) is 0 Å². The molecule has 0 unspecified atom stereocenters. The highest BCUT2D eigenvalue weighted by atomic mass is 16.6. The lowest BCUT2D eigenvalue weighted by atomic mass is 10.1. The number of unbranched alkanes of at least 4 members (excludes halogenated alkanes) is 2. The van der Waals surface area contributed by atoms with Gasteiger partial charge in [0.05, 0.1) is 44.5 Å². The number of carboxylic acid groups (broad SMARTS) is 6. The Morgan fingerprint density at radius 1 is 0.292 bits per heavy atom. The Hall–Kier alpha value is -10.0. The number of hydrogen-bond donors (Lipinski definition) is 6. The van der Waals surface area contributed by atoms with Crippen molar-refractivity contribution in [1.82, 2.24) is 0 Å². The second-order valence-corrected chi connectivity index (χ2v) is 13.9. The Morgan fingerprint density at radius 3 is 0.611 bits per heavy atom. The number of hydrogen-bond acceptors (Lipinski definition) is 18. The summed E-state index contributed by atoms with van der Waals surface area (Å²) in [7, 11) is 0. The Bertz CT molecular complexity index is 2420. The van der Waals surface area contributed by atoms with Gasteiger partial charge in [-0.25, -0.2) is 47.9 Å². The molecule has 0 heterocycles. The molecular weight excluding hydrogens is 961 g/mol. The van der Waals surface area contributed by atoms with Crippen LogP contribution in [0.3, 0.4) is 0 Å². The van der Waals surface area contributed by atoms with E-state index in [9.17, 15) is 67.1 Å². The second-order valence-electron chi connectivity index (χ2n) is 13.9. The number of aromatic carboxylic acids is 4. The van der Waals surface area contributed by atoms with Crippen LogP contribution < -0.4 is 0 Å². The van der Waals surface area contributed by atoms with E-state index in [4.69, 9.17) is 30.6 Å². The van der Waals surface area contributed by atoms with Gasteiger partial charge in [0, 0.05) is 37.8 Å². The molecular formula is C48H40O24. The summed E-state index contributed by atoms with van der Waals surface area (Å²) in [6.45, 7) is 0. The summed E-state index contributed by atoms with van der Waals surface area (Å²) in [6, 6.07) is 21.1. The van der Waals surface area contributed by atoms with Gasteiger partial charge in [-0.2, -0.15) is 0 Å². The molecule has 0 aromatic heterocycles. The fraction of sp³-hybridized carbons (Fsp3) is 0.167. The molecule has 0 saturated carbocycles. The highest BCUT2D eigenvalue weighted by Gasteiger charge is 2.24. The van der Waals surface area contributed by atoms with E-state index in [-0.39, 0.29) is 95.9 Å². The summed E-state index contributed by atoms with van der Waals surface area (Å²) in [4.78, 5) is 159. The molecule has 0 bridgehead atoms. The van der Waals surface area contributed by atoms with Crippen molar-refractivity contribution in [2.45, 2.75) is 51.4 Å². The molecule has 4 aromatic rings. The van der Waals surface area contributed by atoms with Crippen LogP contribution in [0.15, 0.2) is 109 Å². The van der Waals surface area contributed by atoms with Gasteiger partial charge in [0.25, 0.3) is 0 Å². The van der Waals surface area contributed by atoms with Gasteiger partial charge in [-0.3, -0.25) is 19.2 Å². The largest absolute Gasteiger partial charge is 0.478 e. The average molecular weight is 1000 g/mol. The van der Waals surface area contributed by atoms with E-state index >= 15 is 0 Å². The summed E-state index contributed by atoms with van der Waals surface area (Å²) in [6.07, 6.45) is 0.694. The zero-order valence-corrected chi connectivity index (χ0v) is 37.1. The van der Waals surface area contributed by atoms with Crippen molar-refractivity contribution in [1.29, 1.82) is 0 Å². The first-order valence-electron chi connectivity index (χ1n) is 20.5. The topological polar surface area (TPSA) is 397 Å². The highest BCUT2D eigenvalue weighted by Crippen LogP contribution is 2.16. The maximum Gasteiger partial charge on any atom is 0.346 e. The lowest BCUT2D eigenvalue weighted by Gasteiger charge is -2.06. The summed E-state index contributed by atoms with van der Waals surface area (Å²) in [5, 5.41) is 51.9. The molecule has 72 heavy (non-hydrogen) atoms. The maximum absolute atomic E-state index is 12.0. The molecule has 376 valence electrons. The zero-order chi connectivity index (χ0) is 53.9. The van der Waals surface area contributed by atoms with E-state index in [0.717, 1.165) is 0 Å². The first kappa shape index (κ1) is 58.1.